The second-order valence-electron chi connectivity index (χ2n) is 8.32. The summed E-state index contributed by atoms with van der Waals surface area (Å²) in [6.07, 6.45) is 2.41. The third kappa shape index (κ3) is 5.65. The molecule has 6 nitrogen and oxygen atoms in total. The lowest BCUT2D eigenvalue weighted by atomic mass is 9.78. The first-order valence-electron chi connectivity index (χ1n) is 10.5. The van der Waals surface area contributed by atoms with Crippen LogP contribution in [0.4, 0.5) is 0 Å². The van der Waals surface area contributed by atoms with Gasteiger partial charge in [-0.3, -0.25) is 0 Å². The van der Waals surface area contributed by atoms with Gasteiger partial charge in [0.1, 0.15) is 5.75 Å². The van der Waals surface area contributed by atoms with E-state index >= 15 is 0 Å². The normalized spacial score (nSPS) is 13.1. The number of hydrogen-bond acceptors (Lipinski definition) is 6. The van der Waals surface area contributed by atoms with Crippen molar-refractivity contribution in [3.05, 3.63) is 69.7 Å². The number of oxazole rings is 1. The molecule has 0 fully saturated rings. The summed E-state index contributed by atoms with van der Waals surface area (Å²) >= 11 is 12.9. The Morgan fingerprint density at radius 3 is 2.24 bits per heavy atom. The molecule has 0 saturated carbocycles. The molecule has 0 spiro atoms. The van der Waals surface area contributed by atoms with Crippen molar-refractivity contribution in [2.75, 3.05) is 12.9 Å². The zero-order valence-electron chi connectivity index (χ0n) is 19.2. The highest BCUT2D eigenvalue weighted by Gasteiger charge is 2.27. The van der Waals surface area contributed by atoms with E-state index in [-0.39, 0.29) is 10.8 Å². The summed E-state index contributed by atoms with van der Waals surface area (Å²) in [7, 11) is -3.52. The largest absolute Gasteiger partial charge is 0.490 e. The van der Waals surface area contributed by atoms with E-state index in [1.807, 2.05) is 43.3 Å². The zero-order valence-corrected chi connectivity index (χ0v) is 21.5. The highest BCUT2D eigenvalue weighted by molar-refractivity contribution is 7.90. The van der Waals surface area contributed by atoms with Crippen LogP contribution in [0, 0.1) is 0 Å². The summed E-state index contributed by atoms with van der Waals surface area (Å²) in [5.41, 5.74) is 1.57. The Bertz CT molecular complexity index is 1200. The smallest absolute Gasteiger partial charge is 0.200 e. The molecule has 9 heteroatoms. The number of nitrogens with zero attached hydrogens (tertiary/aromatic N) is 1. The average molecular weight is 512 g/mol. The Morgan fingerprint density at radius 1 is 1.09 bits per heavy atom. The summed E-state index contributed by atoms with van der Waals surface area (Å²) in [5.74, 6) is 1.23. The first-order chi connectivity index (χ1) is 15.4. The quantitative estimate of drug-likeness (QED) is 0.320. The molecule has 0 N–H and O–H groups in total. The van der Waals surface area contributed by atoms with Gasteiger partial charge in [0.2, 0.25) is 0 Å². The molecule has 33 heavy (non-hydrogen) atoms. The van der Waals surface area contributed by atoms with Crippen molar-refractivity contribution in [3.8, 4) is 11.5 Å². The number of rotatable bonds is 9. The fourth-order valence-electron chi connectivity index (χ4n) is 3.43. The first kappa shape index (κ1) is 25.4. The molecule has 0 radical (unpaired) electrons. The minimum atomic E-state index is -3.52. The number of hydrogen-bond donors (Lipinski definition) is 0. The topological polar surface area (TPSA) is 78.6 Å². The molecule has 178 valence electrons. The molecule has 2 aromatic carbocycles. The van der Waals surface area contributed by atoms with Crippen LogP contribution in [0.3, 0.4) is 0 Å². The van der Waals surface area contributed by atoms with E-state index in [0.717, 1.165) is 30.2 Å². The minimum Gasteiger partial charge on any atom is -0.490 e. The fourth-order valence-corrected chi connectivity index (χ4v) is 4.84. The van der Waals surface area contributed by atoms with Crippen molar-refractivity contribution in [2.24, 2.45) is 0 Å². The van der Waals surface area contributed by atoms with E-state index in [4.69, 9.17) is 37.1 Å². The zero-order chi connectivity index (χ0) is 24.4. The molecular weight excluding hydrogens is 485 g/mol. The van der Waals surface area contributed by atoms with Crippen LogP contribution in [-0.2, 0) is 15.3 Å². The Labute approximate surface area is 204 Å². The van der Waals surface area contributed by atoms with Crippen molar-refractivity contribution >= 4 is 33.0 Å². The third-order valence-corrected chi connectivity index (χ3v) is 6.91. The highest BCUT2D eigenvalue weighted by Crippen LogP contribution is 2.41. The van der Waals surface area contributed by atoms with Crippen LogP contribution < -0.4 is 9.47 Å². The van der Waals surface area contributed by atoms with E-state index < -0.39 is 21.4 Å². The van der Waals surface area contributed by atoms with Gasteiger partial charge >= 0.3 is 0 Å². The van der Waals surface area contributed by atoms with Crippen molar-refractivity contribution in [2.45, 2.75) is 50.7 Å². The van der Waals surface area contributed by atoms with E-state index in [1.54, 1.807) is 6.92 Å². The van der Waals surface area contributed by atoms with Gasteiger partial charge in [-0.2, -0.15) is 0 Å². The maximum Gasteiger partial charge on any atom is 0.200 e. The molecule has 1 aromatic heterocycles. The molecule has 0 unspecified atom stereocenters. The van der Waals surface area contributed by atoms with Crippen LogP contribution in [0.15, 0.2) is 52.2 Å². The van der Waals surface area contributed by atoms with Crippen molar-refractivity contribution < 1.29 is 22.3 Å². The molecule has 0 amide bonds. The molecule has 0 bridgehead atoms. The van der Waals surface area contributed by atoms with Crippen molar-refractivity contribution in [3.63, 3.8) is 0 Å². The van der Waals surface area contributed by atoms with E-state index in [0.29, 0.717) is 28.2 Å². The van der Waals surface area contributed by atoms with Gasteiger partial charge in [-0.1, -0.05) is 56.1 Å². The lowest BCUT2D eigenvalue weighted by Gasteiger charge is -2.27. The summed E-state index contributed by atoms with van der Waals surface area (Å²) in [6.45, 7) is 8.42. The average Bonchev–Trinajstić information content (AvgIpc) is 3.24. The second kappa shape index (κ2) is 9.95. The fraction of sp³-hybridized carbons (Fsp3) is 0.375. The van der Waals surface area contributed by atoms with Gasteiger partial charge in [0.25, 0.3) is 0 Å². The maximum atomic E-state index is 11.9. The highest BCUT2D eigenvalue weighted by atomic mass is 35.5. The standard InChI is InChI=1S/C24H27Cl2NO5S/c1-6-11-30-22-19(25)12-17(13-20(22)26)24(3,4)16-7-9-18(10-8-16)32-15(2)21-23(27-14-31-21)33(5,28)29/h7-10,12-15H,6,11H2,1-5H3/t15-/m0/s1. The second-order valence-corrected chi connectivity index (χ2v) is 11.1. The first-order valence-corrected chi connectivity index (χ1v) is 13.1. The molecule has 3 aromatic rings. The lowest BCUT2D eigenvalue weighted by molar-refractivity contribution is 0.191. The van der Waals surface area contributed by atoms with Gasteiger partial charge in [-0.15, -0.1) is 0 Å². The van der Waals surface area contributed by atoms with Gasteiger partial charge in [0.05, 0.1) is 16.7 Å². The van der Waals surface area contributed by atoms with Crippen LogP contribution in [0.1, 0.15) is 57.1 Å². The maximum absolute atomic E-state index is 11.9. The van der Waals surface area contributed by atoms with Gasteiger partial charge < -0.3 is 13.9 Å². The number of halogens is 2. The SMILES string of the molecule is CCCOc1c(Cl)cc(C(C)(C)c2ccc(O[C@@H](C)c3ocnc3S(C)(=O)=O)cc2)cc1Cl. The van der Waals surface area contributed by atoms with Gasteiger partial charge in [0.15, 0.2) is 38.9 Å². The van der Waals surface area contributed by atoms with Crippen LogP contribution in [0.2, 0.25) is 10.0 Å². The summed E-state index contributed by atoms with van der Waals surface area (Å²) in [6, 6.07) is 11.3. The number of aromatic nitrogens is 1. The molecule has 0 saturated heterocycles. The summed E-state index contributed by atoms with van der Waals surface area (Å²) < 4.78 is 40.6. The third-order valence-electron chi connectivity index (χ3n) is 5.34. The number of ether oxygens (including phenoxy) is 2. The predicted octanol–water partition coefficient (Wildman–Crippen LogP) is 6.64. The van der Waals surface area contributed by atoms with E-state index in [2.05, 4.69) is 18.8 Å². The molecule has 3 rings (SSSR count). The Kier molecular flexibility index (Phi) is 7.66. The Morgan fingerprint density at radius 2 is 1.70 bits per heavy atom. The molecular formula is C24H27Cl2NO5S. The number of benzene rings is 2. The van der Waals surface area contributed by atoms with Gasteiger partial charge in [-0.05, 0) is 48.7 Å². The lowest BCUT2D eigenvalue weighted by Crippen LogP contribution is -2.19. The molecule has 1 atom stereocenters. The molecule has 0 aliphatic carbocycles. The summed E-state index contributed by atoms with van der Waals surface area (Å²) in [4.78, 5) is 3.80. The summed E-state index contributed by atoms with van der Waals surface area (Å²) in [5, 5.41) is 0.830. The Hall–Kier alpha value is -2.22. The minimum absolute atomic E-state index is 0.118. The van der Waals surface area contributed by atoms with Crippen LogP contribution in [0.25, 0.3) is 0 Å². The monoisotopic (exact) mass is 511 g/mol. The van der Waals surface area contributed by atoms with Crippen molar-refractivity contribution in [1.29, 1.82) is 0 Å². The van der Waals surface area contributed by atoms with Gasteiger partial charge in [0, 0.05) is 11.7 Å². The van der Waals surface area contributed by atoms with E-state index in [1.165, 1.54) is 0 Å². The van der Waals surface area contributed by atoms with Crippen LogP contribution in [0.5, 0.6) is 11.5 Å². The Balaban J connectivity index is 1.81. The van der Waals surface area contributed by atoms with Crippen LogP contribution >= 0.6 is 23.2 Å². The predicted molar refractivity (Wildman–Crippen MR) is 129 cm³/mol. The van der Waals surface area contributed by atoms with Crippen molar-refractivity contribution in [1.82, 2.24) is 4.98 Å². The molecule has 0 aliphatic rings. The van der Waals surface area contributed by atoms with E-state index in [9.17, 15) is 8.42 Å². The van der Waals surface area contributed by atoms with Crippen LogP contribution in [-0.4, -0.2) is 26.3 Å². The van der Waals surface area contributed by atoms with Gasteiger partial charge in [-0.25, -0.2) is 13.4 Å². The number of sulfone groups is 1. The molecule has 0 aliphatic heterocycles. The molecule has 1 heterocycles.